The molecule has 2 aliphatic carbocycles. The molecule has 120 valence electrons. The number of hydrogen-bond acceptors (Lipinski definition) is 3. The number of amides is 1. The molecule has 0 radical (unpaired) electrons. The maximum Gasteiger partial charge on any atom is 0.243 e. The second kappa shape index (κ2) is 5.67. The van der Waals surface area contributed by atoms with Crippen LogP contribution in [0, 0.1) is 0 Å². The van der Waals surface area contributed by atoms with E-state index < -0.39 is 5.54 Å². The predicted octanol–water partition coefficient (Wildman–Crippen LogP) is 1.46. The third-order valence-electron chi connectivity index (χ3n) is 5.60. The number of fused-ring (bicyclic) bond motifs is 1. The van der Waals surface area contributed by atoms with Crippen molar-refractivity contribution in [3.05, 3.63) is 35.4 Å². The minimum absolute atomic E-state index is 0.0342. The van der Waals surface area contributed by atoms with Crippen molar-refractivity contribution in [3.63, 3.8) is 0 Å². The molecule has 0 spiro atoms. The van der Waals surface area contributed by atoms with Crippen molar-refractivity contribution >= 4 is 5.91 Å². The highest BCUT2D eigenvalue weighted by molar-refractivity contribution is 5.88. The molecular weight excluding hydrogens is 276 g/mol. The Labute approximate surface area is 132 Å². The summed E-state index contributed by atoms with van der Waals surface area (Å²) in [5, 5.41) is 10.1. The van der Waals surface area contributed by atoms with Gasteiger partial charge in [-0.3, -0.25) is 9.69 Å². The Morgan fingerprint density at radius 1 is 1.14 bits per heavy atom. The van der Waals surface area contributed by atoms with E-state index in [4.69, 9.17) is 0 Å². The van der Waals surface area contributed by atoms with Crippen LogP contribution in [0.5, 0.6) is 0 Å². The van der Waals surface area contributed by atoms with Gasteiger partial charge in [-0.25, -0.2) is 0 Å². The lowest BCUT2D eigenvalue weighted by atomic mass is 9.91. The summed E-state index contributed by atoms with van der Waals surface area (Å²) in [6.07, 6.45) is 3.83. The lowest BCUT2D eigenvalue weighted by Gasteiger charge is -2.40. The summed E-state index contributed by atoms with van der Waals surface area (Å²) in [7, 11) is 5.83. The monoisotopic (exact) mass is 302 g/mol. The molecule has 0 bridgehead atoms. The van der Waals surface area contributed by atoms with Gasteiger partial charge in [-0.15, -0.1) is 0 Å². The Bertz CT molecular complexity index is 545. The van der Waals surface area contributed by atoms with Gasteiger partial charge >= 0.3 is 0 Å². The fourth-order valence-corrected chi connectivity index (χ4v) is 4.11. The SMILES string of the molecule is CN(C(=O)C1(N(C)C)Cc2ccccc2C1)[C@@H]1CCC[C@H]1O. The lowest BCUT2D eigenvalue weighted by Crippen LogP contribution is -2.60. The maximum absolute atomic E-state index is 13.3. The van der Waals surface area contributed by atoms with Crippen LogP contribution in [-0.2, 0) is 17.6 Å². The number of benzene rings is 1. The number of carbonyl (C=O) groups is 1. The average Bonchev–Trinajstić information content (AvgIpc) is 3.09. The van der Waals surface area contributed by atoms with Gasteiger partial charge in [0.1, 0.15) is 5.54 Å². The molecule has 0 heterocycles. The fourth-order valence-electron chi connectivity index (χ4n) is 4.11. The molecule has 2 atom stereocenters. The van der Waals surface area contributed by atoms with Gasteiger partial charge in [0.25, 0.3) is 0 Å². The van der Waals surface area contributed by atoms with Crippen molar-refractivity contribution < 1.29 is 9.90 Å². The van der Waals surface area contributed by atoms with Crippen LogP contribution < -0.4 is 0 Å². The maximum atomic E-state index is 13.3. The molecule has 4 nitrogen and oxygen atoms in total. The highest BCUT2D eigenvalue weighted by Gasteiger charge is 2.48. The lowest BCUT2D eigenvalue weighted by molar-refractivity contribution is -0.145. The normalized spacial score (nSPS) is 26.2. The van der Waals surface area contributed by atoms with Crippen LogP contribution in [-0.4, -0.2) is 59.6 Å². The first-order valence-electron chi connectivity index (χ1n) is 8.15. The first kappa shape index (κ1) is 15.5. The van der Waals surface area contributed by atoms with Crippen molar-refractivity contribution in [3.8, 4) is 0 Å². The first-order valence-corrected chi connectivity index (χ1v) is 8.15. The zero-order chi connectivity index (χ0) is 15.9. The van der Waals surface area contributed by atoms with Crippen molar-refractivity contribution in [2.75, 3.05) is 21.1 Å². The highest BCUT2D eigenvalue weighted by atomic mass is 16.3. The van der Waals surface area contributed by atoms with E-state index in [0.717, 1.165) is 32.1 Å². The molecule has 0 aliphatic heterocycles. The van der Waals surface area contributed by atoms with Crippen LogP contribution in [0.3, 0.4) is 0 Å². The summed E-state index contributed by atoms with van der Waals surface area (Å²) in [6.45, 7) is 0. The zero-order valence-electron chi connectivity index (χ0n) is 13.7. The Hall–Kier alpha value is -1.39. The van der Waals surface area contributed by atoms with Gasteiger partial charge in [0.2, 0.25) is 5.91 Å². The largest absolute Gasteiger partial charge is 0.391 e. The van der Waals surface area contributed by atoms with Crippen LogP contribution in [0.25, 0.3) is 0 Å². The van der Waals surface area contributed by atoms with Crippen LogP contribution in [0.1, 0.15) is 30.4 Å². The van der Waals surface area contributed by atoms with Crippen molar-refractivity contribution in [2.45, 2.75) is 49.8 Å². The number of likely N-dealkylation sites (N-methyl/N-ethyl adjacent to an activating group) is 2. The van der Waals surface area contributed by atoms with Crippen LogP contribution >= 0.6 is 0 Å². The van der Waals surface area contributed by atoms with E-state index >= 15 is 0 Å². The summed E-state index contributed by atoms with van der Waals surface area (Å²) in [5.41, 5.74) is 2.02. The van der Waals surface area contributed by atoms with Crippen molar-refractivity contribution in [1.82, 2.24) is 9.80 Å². The van der Waals surface area contributed by atoms with Gasteiger partial charge < -0.3 is 10.0 Å². The van der Waals surface area contributed by atoms with Gasteiger partial charge in [-0.2, -0.15) is 0 Å². The number of aliphatic hydroxyl groups is 1. The van der Waals surface area contributed by atoms with E-state index in [0.29, 0.717) is 0 Å². The highest BCUT2D eigenvalue weighted by Crippen LogP contribution is 2.36. The number of hydrogen-bond donors (Lipinski definition) is 1. The van der Waals surface area contributed by atoms with E-state index in [1.807, 2.05) is 38.2 Å². The molecule has 2 aliphatic rings. The number of aliphatic hydroxyl groups excluding tert-OH is 1. The molecule has 4 heteroatoms. The van der Waals surface area contributed by atoms with Gasteiger partial charge in [0, 0.05) is 19.9 Å². The van der Waals surface area contributed by atoms with E-state index in [1.165, 1.54) is 11.1 Å². The average molecular weight is 302 g/mol. The molecule has 1 N–H and O–H groups in total. The number of nitrogens with zero attached hydrogens (tertiary/aromatic N) is 2. The summed E-state index contributed by atoms with van der Waals surface area (Å²) in [4.78, 5) is 17.2. The first-order chi connectivity index (χ1) is 10.5. The summed E-state index contributed by atoms with van der Waals surface area (Å²) < 4.78 is 0. The topological polar surface area (TPSA) is 43.8 Å². The minimum atomic E-state index is -0.513. The Kier molecular flexibility index (Phi) is 4.00. The van der Waals surface area contributed by atoms with E-state index in [-0.39, 0.29) is 18.1 Å². The molecule has 1 fully saturated rings. The van der Waals surface area contributed by atoms with E-state index in [9.17, 15) is 9.90 Å². The van der Waals surface area contributed by atoms with E-state index in [1.54, 1.807) is 0 Å². The number of carbonyl (C=O) groups excluding carboxylic acids is 1. The van der Waals surface area contributed by atoms with Crippen LogP contribution in [0.2, 0.25) is 0 Å². The third kappa shape index (κ3) is 2.34. The van der Waals surface area contributed by atoms with Gasteiger partial charge in [0.15, 0.2) is 0 Å². The zero-order valence-corrected chi connectivity index (χ0v) is 13.7. The summed E-state index contributed by atoms with van der Waals surface area (Å²) >= 11 is 0. The predicted molar refractivity (Wildman–Crippen MR) is 86.7 cm³/mol. The van der Waals surface area contributed by atoms with Crippen molar-refractivity contribution in [1.29, 1.82) is 0 Å². The number of rotatable bonds is 3. The Balaban J connectivity index is 1.88. The Morgan fingerprint density at radius 2 is 1.73 bits per heavy atom. The molecule has 1 aromatic rings. The molecular formula is C18H26N2O2. The molecule has 22 heavy (non-hydrogen) atoms. The summed E-state index contributed by atoms with van der Waals surface area (Å²) in [6, 6.07) is 8.29. The van der Waals surface area contributed by atoms with Gasteiger partial charge in [-0.1, -0.05) is 24.3 Å². The molecule has 0 saturated heterocycles. The summed E-state index contributed by atoms with van der Waals surface area (Å²) in [5.74, 6) is 0.139. The van der Waals surface area contributed by atoms with Crippen LogP contribution in [0.4, 0.5) is 0 Å². The molecule has 0 aromatic heterocycles. The standard InChI is InChI=1S/C18H26N2O2/c1-19(2)18(11-13-7-4-5-8-14(13)12-18)17(22)20(3)15-9-6-10-16(15)21/h4-5,7-8,15-16,21H,6,9-12H2,1-3H3/t15-,16-/m1/s1. The molecule has 1 aromatic carbocycles. The van der Waals surface area contributed by atoms with Crippen LogP contribution in [0.15, 0.2) is 24.3 Å². The van der Waals surface area contributed by atoms with Crippen molar-refractivity contribution in [2.24, 2.45) is 0 Å². The molecule has 1 amide bonds. The second-order valence-electron chi connectivity index (χ2n) is 7.03. The Morgan fingerprint density at radius 3 is 2.18 bits per heavy atom. The van der Waals surface area contributed by atoms with Gasteiger partial charge in [0.05, 0.1) is 12.1 Å². The quantitative estimate of drug-likeness (QED) is 0.919. The van der Waals surface area contributed by atoms with Gasteiger partial charge in [-0.05, 0) is 44.5 Å². The smallest absolute Gasteiger partial charge is 0.243 e. The van der Waals surface area contributed by atoms with E-state index in [2.05, 4.69) is 17.0 Å². The molecule has 0 unspecified atom stereocenters. The fraction of sp³-hybridized carbons (Fsp3) is 0.611. The second-order valence-corrected chi connectivity index (χ2v) is 7.03. The molecule has 3 rings (SSSR count). The third-order valence-corrected chi connectivity index (χ3v) is 5.60. The molecule has 1 saturated carbocycles. The minimum Gasteiger partial charge on any atom is -0.391 e.